The summed E-state index contributed by atoms with van der Waals surface area (Å²) in [5, 5.41) is 2.14. The van der Waals surface area contributed by atoms with Gasteiger partial charge in [-0.25, -0.2) is 9.97 Å². The fourth-order valence-corrected chi connectivity index (χ4v) is 4.38. The van der Waals surface area contributed by atoms with E-state index in [1.807, 2.05) is 30.3 Å². The molecule has 146 valence electrons. The number of para-hydroxylation sites is 1. The number of hydrogen-bond donors (Lipinski definition) is 1. The summed E-state index contributed by atoms with van der Waals surface area (Å²) in [5.41, 5.74) is 2.59. The van der Waals surface area contributed by atoms with E-state index in [2.05, 4.69) is 21.0 Å². The second-order valence-corrected chi connectivity index (χ2v) is 7.83. The van der Waals surface area contributed by atoms with Crippen LogP contribution in [0, 0.1) is 5.92 Å². The van der Waals surface area contributed by atoms with Crippen LogP contribution in [0.15, 0.2) is 54.9 Å². The minimum Gasteiger partial charge on any atom is -0.423 e. The van der Waals surface area contributed by atoms with E-state index in [4.69, 9.17) is 4.74 Å². The van der Waals surface area contributed by atoms with Crippen molar-refractivity contribution in [2.75, 3.05) is 0 Å². The molecule has 5 rings (SSSR count). The number of aromatic nitrogens is 3. The molecule has 2 aromatic heterocycles. The second-order valence-electron chi connectivity index (χ2n) is 7.83. The van der Waals surface area contributed by atoms with Crippen LogP contribution in [0.25, 0.3) is 21.8 Å². The van der Waals surface area contributed by atoms with Crippen molar-refractivity contribution in [1.29, 1.82) is 0 Å². The van der Waals surface area contributed by atoms with Gasteiger partial charge in [0.25, 0.3) is 0 Å². The molecule has 1 saturated carbocycles. The van der Waals surface area contributed by atoms with Gasteiger partial charge in [0, 0.05) is 41.2 Å². The number of carbonyl (C=O) groups is 1. The van der Waals surface area contributed by atoms with Crippen LogP contribution in [0.1, 0.15) is 48.9 Å². The van der Waals surface area contributed by atoms with Crippen LogP contribution in [-0.2, 0) is 0 Å². The summed E-state index contributed by atoms with van der Waals surface area (Å²) < 4.78 is 5.96. The molecule has 1 aliphatic carbocycles. The molecule has 5 heteroatoms. The summed E-state index contributed by atoms with van der Waals surface area (Å²) in [6, 6.07) is 14.0. The van der Waals surface area contributed by atoms with Crippen LogP contribution in [-0.4, -0.2) is 20.7 Å². The summed E-state index contributed by atoms with van der Waals surface area (Å²) in [6.07, 6.45) is 9.84. The van der Waals surface area contributed by atoms with Crippen molar-refractivity contribution in [2.45, 2.75) is 38.5 Å². The maximum absolute atomic E-state index is 13.3. The number of rotatable bonds is 5. The van der Waals surface area contributed by atoms with Gasteiger partial charge in [0.05, 0.1) is 11.1 Å². The number of aromatic amines is 1. The number of ether oxygens (including phenoxy) is 1. The largest absolute Gasteiger partial charge is 0.423 e. The van der Waals surface area contributed by atoms with Crippen molar-refractivity contribution in [1.82, 2.24) is 15.0 Å². The zero-order valence-corrected chi connectivity index (χ0v) is 16.2. The smallest absolute Gasteiger partial charge is 0.321 e. The van der Waals surface area contributed by atoms with Crippen molar-refractivity contribution < 1.29 is 9.53 Å². The van der Waals surface area contributed by atoms with Gasteiger partial charge in [0.1, 0.15) is 5.75 Å². The molecule has 0 aliphatic heterocycles. The first-order valence-electron chi connectivity index (χ1n) is 10.3. The number of fused-ring (bicyclic) bond motifs is 3. The van der Waals surface area contributed by atoms with Crippen molar-refractivity contribution in [3.8, 4) is 11.8 Å². The van der Waals surface area contributed by atoms with Gasteiger partial charge in [-0.15, -0.1) is 0 Å². The van der Waals surface area contributed by atoms with Gasteiger partial charge in [0.2, 0.25) is 0 Å². The number of Topliss-reactive ketones (excluding diaryl/α,β-unsaturated/α-hetero) is 1. The number of benzene rings is 2. The van der Waals surface area contributed by atoms with Gasteiger partial charge in [0.15, 0.2) is 5.78 Å². The average molecular weight is 385 g/mol. The minimum absolute atomic E-state index is 0.134. The lowest BCUT2D eigenvalue weighted by atomic mass is 9.84. The lowest BCUT2D eigenvalue weighted by Gasteiger charge is -2.21. The van der Waals surface area contributed by atoms with Crippen molar-refractivity contribution in [2.24, 2.45) is 5.92 Å². The third kappa shape index (κ3) is 3.60. The number of nitrogens with zero attached hydrogens (tertiary/aromatic N) is 2. The summed E-state index contributed by atoms with van der Waals surface area (Å²) in [4.78, 5) is 25.0. The van der Waals surface area contributed by atoms with E-state index in [0.29, 0.717) is 23.7 Å². The van der Waals surface area contributed by atoms with Gasteiger partial charge in [-0.1, -0.05) is 50.3 Å². The van der Waals surface area contributed by atoms with E-state index in [9.17, 15) is 4.79 Å². The van der Waals surface area contributed by atoms with Gasteiger partial charge in [-0.05, 0) is 24.1 Å². The molecule has 0 amide bonds. The summed E-state index contributed by atoms with van der Waals surface area (Å²) >= 11 is 0. The molecule has 0 radical (unpaired) electrons. The predicted molar refractivity (Wildman–Crippen MR) is 113 cm³/mol. The molecule has 0 saturated heterocycles. The molecule has 0 unspecified atom stereocenters. The highest BCUT2D eigenvalue weighted by Gasteiger charge is 2.22. The molecular weight excluding hydrogens is 362 g/mol. The Balaban J connectivity index is 1.58. The second kappa shape index (κ2) is 7.66. The molecule has 29 heavy (non-hydrogen) atoms. The molecule has 2 aromatic carbocycles. The Hall–Kier alpha value is -3.21. The molecule has 5 nitrogen and oxygen atoms in total. The van der Waals surface area contributed by atoms with E-state index in [-0.39, 0.29) is 11.8 Å². The first kappa shape index (κ1) is 17.9. The Kier molecular flexibility index (Phi) is 4.72. The van der Waals surface area contributed by atoms with Crippen molar-refractivity contribution >= 4 is 27.6 Å². The van der Waals surface area contributed by atoms with Crippen molar-refractivity contribution in [3.05, 3.63) is 60.4 Å². The van der Waals surface area contributed by atoms with E-state index < -0.39 is 0 Å². The Morgan fingerprint density at radius 1 is 0.966 bits per heavy atom. The van der Waals surface area contributed by atoms with Crippen molar-refractivity contribution in [3.63, 3.8) is 0 Å². The maximum Gasteiger partial charge on any atom is 0.321 e. The molecule has 0 bridgehead atoms. The van der Waals surface area contributed by atoms with E-state index in [1.54, 1.807) is 18.5 Å². The number of H-pyrrole nitrogens is 1. The summed E-state index contributed by atoms with van der Waals surface area (Å²) in [7, 11) is 0. The highest BCUT2D eigenvalue weighted by molar-refractivity contribution is 6.11. The number of nitrogens with one attached hydrogen (secondary N) is 1. The highest BCUT2D eigenvalue weighted by atomic mass is 16.5. The van der Waals surface area contributed by atoms with Crippen LogP contribution in [0.2, 0.25) is 0 Å². The molecule has 4 aromatic rings. The van der Waals surface area contributed by atoms with Gasteiger partial charge in [-0.3, -0.25) is 4.79 Å². The fraction of sp³-hybridized carbons (Fsp3) is 0.292. The minimum atomic E-state index is 0.134. The first-order valence-corrected chi connectivity index (χ1v) is 10.3. The highest BCUT2D eigenvalue weighted by Crippen LogP contribution is 2.35. The van der Waals surface area contributed by atoms with E-state index >= 15 is 0 Å². The third-order valence-corrected chi connectivity index (χ3v) is 5.85. The molecule has 2 heterocycles. The molecule has 0 spiro atoms. The fourth-order valence-electron chi connectivity index (χ4n) is 4.38. The summed E-state index contributed by atoms with van der Waals surface area (Å²) in [6.45, 7) is 0. The van der Waals surface area contributed by atoms with Crippen LogP contribution < -0.4 is 4.74 Å². The van der Waals surface area contributed by atoms with E-state index in [1.165, 1.54) is 19.3 Å². The average Bonchev–Trinajstić information content (AvgIpc) is 3.12. The van der Waals surface area contributed by atoms with Crippen LogP contribution in [0.4, 0.5) is 0 Å². The Morgan fingerprint density at radius 2 is 1.76 bits per heavy atom. The Bertz CT molecular complexity index is 1160. The summed E-state index contributed by atoms with van der Waals surface area (Å²) in [5.74, 6) is 1.11. The first-order chi connectivity index (χ1) is 14.3. The van der Waals surface area contributed by atoms with Crippen LogP contribution >= 0.6 is 0 Å². The number of carbonyl (C=O) groups excluding carboxylic acids is 1. The topological polar surface area (TPSA) is 67.9 Å². The van der Waals surface area contributed by atoms with Crippen LogP contribution in [0.5, 0.6) is 11.8 Å². The standard InChI is InChI=1S/C24H23N3O2/c28-22(13-16-7-2-1-3-8-16)19-14-18-17-9-4-5-10-20(17)27-21(18)15-23(19)29-24-25-11-6-12-26-24/h4-6,9-12,14-16,27H,1-3,7-8,13H2. The molecule has 0 atom stereocenters. The van der Waals surface area contributed by atoms with Gasteiger partial charge >= 0.3 is 6.01 Å². The molecular formula is C24H23N3O2. The lowest BCUT2D eigenvalue weighted by Crippen LogP contribution is -2.13. The number of hydrogen-bond acceptors (Lipinski definition) is 4. The molecule has 1 fully saturated rings. The third-order valence-electron chi connectivity index (χ3n) is 5.85. The Labute approximate surface area is 169 Å². The van der Waals surface area contributed by atoms with E-state index in [0.717, 1.165) is 34.6 Å². The zero-order chi connectivity index (χ0) is 19.6. The Morgan fingerprint density at radius 3 is 2.59 bits per heavy atom. The molecule has 1 N–H and O–H groups in total. The number of ketones is 1. The van der Waals surface area contributed by atoms with Gasteiger partial charge < -0.3 is 9.72 Å². The van der Waals surface area contributed by atoms with Gasteiger partial charge in [-0.2, -0.15) is 0 Å². The monoisotopic (exact) mass is 385 g/mol. The molecule has 1 aliphatic rings. The zero-order valence-electron chi connectivity index (χ0n) is 16.2. The predicted octanol–water partition coefficient (Wildman–Crippen LogP) is 6.06. The van der Waals surface area contributed by atoms with Crippen LogP contribution in [0.3, 0.4) is 0 Å². The normalized spacial score (nSPS) is 15.0. The maximum atomic E-state index is 13.3. The SMILES string of the molecule is O=C(CC1CCCCC1)c1cc2c(cc1Oc1ncccn1)[nH]c1ccccc12. The quantitative estimate of drug-likeness (QED) is 0.424. The lowest BCUT2D eigenvalue weighted by molar-refractivity contribution is 0.0948.